The van der Waals surface area contributed by atoms with Crippen LogP contribution in [0.2, 0.25) is 0 Å². The van der Waals surface area contributed by atoms with E-state index in [4.69, 9.17) is 9.15 Å². The fourth-order valence-corrected chi connectivity index (χ4v) is 3.28. The molecular formula is C19H19F3N4O4. The summed E-state index contributed by atoms with van der Waals surface area (Å²) < 4.78 is 52.9. The highest BCUT2D eigenvalue weighted by Gasteiger charge is 2.33. The van der Waals surface area contributed by atoms with Crippen molar-refractivity contribution in [3.63, 3.8) is 0 Å². The molecule has 0 atom stereocenters. The SMILES string of the molecule is O=C(NCc1cc2cc(OC(F)(F)F)c(OCc3cocn3)cc2[nH]1)N1CCCC1. The first-order valence-electron chi connectivity index (χ1n) is 9.31. The molecule has 1 aromatic carbocycles. The molecule has 4 rings (SSSR count). The van der Waals surface area contributed by atoms with Gasteiger partial charge in [0.2, 0.25) is 0 Å². The van der Waals surface area contributed by atoms with Crippen LogP contribution in [0.3, 0.4) is 0 Å². The summed E-state index contributed by atoms with van der Waals surface area (Å²) in [5.74, 6) is -0.567. The molecule has 2 amide bonds. The number of oxazole rings is 1. The van der Waals surface area contributed by atoms with Crippen LogP contribution in [0.5, 0.6) is 11.5 Å². The summed E-state index contributed by atoms with van der Waals surface area (Å²) in [5.41, 5.74) is 1.61. The molecule has 30 heavy (non-hydrogen) atoms. The summed E-state index contributed by atoms with van der Waals surface area (Å²) >= 11 is 0. The Morgan fingerprint density at radius 2 is 2.03 bits per heavy atom. The fraction of sp³-hybridized carbons (Fsp3) is 0.368. The van der Waals surface area contributed by atoms with Crippen molar-refractivity contribution in [3.8, 4) is 11.5 Å². The highest BCUT2D eigenvalue weighted by atomic mass is 19.4. The first kappa shape index (κ1) is 19.9. The third kappa shape index (κ3) is 4.78. The molecule has 2 N–H and O–H groups in total. The molecule has 1 saturated heterocycles. The molecule has 0 saturated carbocycles. The lowest BCUT2D eigenvalue weighted by atomic mass is 10.2. The third-order valence-electron chi connectivity index (χ3n) is 4.65. The first-order valence-corrected chi connectivity index (χ1v) is 9.31. The van der Waals surface area contributed by atoms with E-state index >= 15 is 0 Å². The van der Waals surface area contributed by atoms with Crippen LogP contribution >= 0.6 is 0 Å². The molecule has 0 radical (unpaired) electrons. The predicted molar refractivity (Wildman–Crippen MR) is 98.9 cm³/mol. The van der Waals surface area contributed by atoms with Crippen LogP contribution in [-0.4, -0.2) is 40.4 Å². The topological polar surface area (TPSA) is 92.6 Å². The minimum atomic E-state index is -4.87. The number of rotatable bonds is 6. The molecule has 3 heterocycles. The van der Waals surface area contributed by atoms with Gasteiger partial charge in [-0.05, 0) is 25.0 Å². The Kier molecular flexibility index (Phi) is 5.42. The standard InChI is InChI=1S/C19H19F3N4O4/c20-19(21,22)30-17-6-12-5-13(8-23-18(27)26-3-1-2-4-26)25-15(12)7-16(17)29-10-14-9-28-11-24-14/h5-7,9,11,25H,1-4,8,10H2,(H,23,27). The van der Waals surface area contributed by atoms with Gasteiger partial charge in [0.25, 0.3) is 0 Å². The van der Waals surface area contributed by atoms with Crippen LogP contribution in [0.1, 0.15) is 24.2 Å². The largest absolute Gasteiger partial charge is 0.573 e. The van der Waals surface area contributed by atoms with Gasteiger partial charge in [0.1, 0.15) is 18.6 Å². The summed E-state index contributed by atoms with van der Waals surface area (Å²) in [6, 6.07) is 4.15. The summed E-state index contributed by atoms with van der Waals surface area (Å²) in [6.07, 6.45) is -0.373. The first-order chi connectivity index (χ1) is 14.4. The molecule has 0 bridgehead atoms. The molecule has 0 unspecified atom stereocenters. The van der Waals surface area contributed by atoms with Crippen molar-refractivity contribution in [3.05, 3.63) is 42.2 Å². The van der Waals surface area contributed by atoms with Crippen molar-refractivity contribution in [2.24, 2.45) is 0 Å². The number of ether oxygens (including phenoxy) is 2. The Balaban J connectivity index is 1.52. The highest BCUT2D eigenvalue weighted by molar-refractivity contribution is 5.84. The lowest BCUT2D eigenvalue weighted by molar-refractivity contribution is -0.275. The van der Waals surface area contributed by atoms with Crippen molar-refractivity contribution < 1.29 is 31.9 Å². The Hall–Kier alpha value is -3.37. The molecule has 0 spiro atoms. The number of amides is 2. The van der Waals surface area contributed by atoms with E-state index < -0.39 is 12.1 Å². The lowest BCUT2D eigenvalue weighted by Crippen LogP contribution is -2.37. The van der Waals surface area contributed by atoms with E-state index in [-0.39, 0.29) is 24.9 Å². The predicted octanol–water partition coefficient (Wildman–Crippen LogP) is 3.94. The Morgan fingerprint density at radius 3 is 2.73 bits per heavy atom. The van der Waals surface area contributed by atoms with Crippen LogP contribution < -0.4 is 14.8 Å². The Morgan fingerprint density at radius 1 is 1.23 bits per heavy atom. The van der Waals surface area contributed by atoms with Gasteiger partial charge in [0.15, 0.2) is 17.9 Å². The number of benzene rings is 1. The number of H-pyrrole nitrogens is 1. The number of likely N-dealkylation sites (tertiary alicyclic amines) is 1. The average Bonchev–Trinajstić information content (AvgIpc) is 3.44. The summed E-state index contributed by atoms with van der Waals surface area (Å²) in [4.78, 5) is 20.8. The zero-order chi connectivity index (χ0) is 21.1. The van der Waals surface area contributed by atoms with Gasteiger partial charge in [-0.15, -0.1) is 13.2 Å². The molecule has 1 fully saturated rings. The van der Waals surface area contributed by atoms with E-state index in [0.717, 1.165) is 25.9 Å². The number of nitrogens with zero attached hydrogens (tertiary/aromatic N) is 2. The van der Waals surface area contributed by atoms with Crippen LogP contribution in [0, 0.1) is 0 Å². The minimum Gasteiger partial charge on any atom is -0.483 e. The van der Waals surface area contributed by atoms with E-state index in [1.54, 1.807) is 11.0 Å². The molecule has 2 aromatic heterocycles. The minimum absolute atomic E-state index is 0.0876. The number of nitrogens with one attached hydrogen (secondary N) is 2. The van der Waals surface area contributed by atoms with Gasteiger partial charge in [-0.1, -0.05) is 0 Å². The van der Waals surface area contributed by atoms with Crippen molar-refractivity contribution in [2.45, 2.75) is 32.4 Å². The Bertz CT molecular complexity index is 1010. The number of halogens is 3. The maximum atomic E-state index is 12.8. The van der Waals surface area contributed by atoms with Gasteiger partial charge in [-0.3, -0.25) is 0 Å². The molecule has 160 valence electrons. The second kappa shape index (κ2) is 8.17. The molecule has 11 heteroatoms. The molecule has 3 aromatic rings. The monoisotopic (exact) mass is 424 g/mol. The van der Waals surface area contributed by atoms with Crippen LogP contribution in [0.15, 0.2) is 35.3 Å². The van der Waals surface area contributed by atoms with Crippen LogP contribution in [-0.2, 0) is 13.2 Å². The van der Waals surface area contributed by atoms with E-state index in [1.807, 2.05) is 0 Å². The maximum Gasteiger partial charge on any atom is 0.573 e. The summed E-state index contributed by atoms with van der Waals surface area (Å²) in [5, 5.41) is 3.30. The average molecular weight is 424 g/mol. The number of alkyl halides is 3. The van der Waals surface area contributed by atoms with Gasteiger partial charge < -0.3 is 29.1 Å². The molecule has 8 nitrogen and oxygen atoms in total. The highest BCUT2D eigenvalue weighted by Crippen LogP contribution is 2.36. The summed E-state index contributed by atoms with van der Waals surface area (Å²) in [6.45, 7) is 1.58. The normalized spacial score (nSPS) is 14.3. The molecular weight excluding hydrogens is 405 g/mol. The third-order valence-corrected chi connectivity index (χ3v) is 4.65. The van der Waals surface area contributed by atoms with E-state index in [2.05, 4.69) is 20.0 Å². The van der Waals surface area contributed by atoms with Crippen molar-refractivity contribution >= 4 is 16.9 Å². The zero-order valence-corrected chi connectivity index (χ0v) is 15.8. The number of hydrogen-bond donors (Lipinski definition) is 2. The zero-order valence-electron chi connectivity index (χ0n) is 15.8. The second-order valence-electron chi connectivity index (χ2n) is 6.85. The number of carbonyl (C=O) groups excluding carboxylic acids is 1. The second-order valence-corrected chi connectivity index (χ2v) is 6.85. The fourth-order valence-electron chi connectivity index (χ4n) is 3.28. The molecule has 0 aliphatic carbocycles. The van der Waals surface area contributed by atoms with Gasteiger partial charge in [-0.2, -0.15) is 0 Å². The van der Waals surface area contributed by atoms with Crippen molar-refractivity contribution in [1.29, 1.82) is 0 Å². The van der Waals surface area contributed by atoms with E-state index in [0.29, 0.717) is 22.3 Å². The quantitative estimate of drug-likeness (QED) is 0.625. The van der Waals surface area contributed by atoms with Gasteiger partial charge in [0.05, 0.1) is 6.54 Å². The number of hydrogen-bond acceptors (Lipinski definition) is 5. The number of carbonyl (C=O) groups is 1. The lowest BCUT2D eigenvalue weighted by Gasteiger charge is -2.15. The van der Waals surface area contributed by atoms with Crippen LogP contribution in [0.4, 0.5) is 18.0 Å². The van der Waals surface area contributed by atoms with Gasteiger partial charge in [0, 0.05) is 35.8 Å². The van der Waals surface area contributed by atoms with Crippen molar-refractivity contribution in [1.82, 2.24) is 20.2 Å². The molecule has 1 aliphatic rings. The number of aromatic amines is 1. The van der Waals surface area contributed by atoms with E-state index in [1.165, 1.54) is 24.8 Å². The van der Waals surface area contributed by atoms with Crippen molar-refractivity contribution in [2.75, 3.05) is 13.1 Å². The van der Waals surface area contributed by atoms with E-state index in [9.17, 15) is 18.0 Å². The van der Waals surface area contributed by atoms with Crippen LogP contribution in [0.25, 0.3) is 10.9 Å². The smallest absolute Gasteiger partial charge is 0.483 e. The van der Waals surface area contributed by atoms with Gasteiger partial charge in [-0.25, -0.2) is 9.78 Å². The number of fused-ring (bicyclic) bond motifs is 1. The van der Waals surface area contributed by atoms with Gasteiger partial charge >= 0.3 is 12.4 Å². The summed E-state index contributed by atoms with van der Waals surface area (Å²) in [7, 11) is 0. The number of urea groups is 1. The Labute approximate surface area is 169 Å². The number of aromatic nitrogens is 2. The maximum absolute atomic E-state index is 12.8. The molecule has 1 aliphatic heterocycles.